The van der Waals surface area contributed by atoms with E-state index in [-0.39, 0.29) is 11.7 Å². The number of nitrogens with zero attached hydrogens (tertiary/aromatic N) is 1. The van der Waals surface area contributed by atoms with Gasteiger partial charge in [-0.2, -0.15) is 0 Å². The Labute approximate surface area is 189 Å². The van der Waals surface area contributed by atoms with Crippen LogP contribution in [0.4, 0.5) is 11.4 Å². The lowest BCUT2D eigenvalue weighted by molar-refractivity contribution is 0.102. The molecule has 3 aromatic carbocycles. The summed E-state index contributed by atoms with van der Waals surface area (Å²) in [5.74, 6) is 0.342. The van der Waals surface area contributed by atoms with E-state index in [9.17, 15) is 13.2 Å². The number of rotatable bonds is 7. The zero-order valence-electron chi connectivity index (χ0n) is 18.4. The molecule has 3 aromatic rings. The van der Waals surface area contributed by atoms with Gasteiger partial charge in [0.25, 0.3) is 5.91 Å². The van der Waals surface area contributed by atoms with Crippen molar-refractivity contribution in [3.8, 4) is 5.75 Å². The highest BCUT2D eigenvalue weighted by atomic mass is 32.2. The van der Waals surface area contributed by atoms with Crippen LogP contribution in [0.15, 0.2) is 54.6 Å². The Kier molecular flexibility index (Phi) is 6.37. The standard InChI is InChI=1S/C25H28N2O4S/c1-3-16-32(29,30)27-15-7-9-19-11-13-20(17-22(19)27)26-25(28)24-21-10-6-5-8-18(21)12-14-23(24)31-4-2/h5-6,8,10-14,17H,3-4,7,9,15-16H2,1-2H3,(H,26,28). The number of aryl methyl sites for hydroxylation is 1. The SMILES string of the molecule is CCCS(=O)(=O)N1CCCc2ccc(NC(=O)c3c(OCC)ccc4ccccc34)cc21. The molecule has 0 atom stereocenters. The predicted octanol–water partition coefficient (Wildman–Crippen LogP) is 4.98. The Morgan fingerprint density at radius 1 is 1.09 bits per heavy atom. The highest BCUT2D eigenvalue weighted by Crippen LogP contribution is 2.34. The highest BCUT2D eigenvalue weighted by molar-refractivity contribution is 7.92. The third-order valence-electron chi connectivity index (χ3n) is 5.63. The van der Waals surface area contributed by atoms with Gasteiger partial charge in [0.2, 0.25) is 10.0 Å². The minimum absolute atomic E-state index is 0.108. The zero-order valence-corrected chi connectivity index (χ0v) is 19.2. The lowest BCUT2D eigenvalue weighted by Crippen LogP contribution is -2.37. The average molecular weight is 453 g/mol. The average Bonchev–Trinajstić information content (AvgIpc) is 2.78. The maximum Gasteiger partial charge on any atom is 0.260 e. The summed E-state index contributed by atoms with van der Waals surface area (Å²) in [7, 11) is -3.39. The van der Waals surface area contributed by atoms with Crippen molar-refractivity contribution in [3.63, 3.8) is 0 Å². The van der Waals surface area contributed by atoms with Gasteiger partial charge in [-0.1, -0.05) is 43.3 Å². The lowest BCUT2D eigenvalue weighted by Gasteiger charge is -2.31. The monoisotopic (exact) mass is 452 g/mol. The molecular formula is C25H28N2O4S. The third-order valence-corrected chi connectivity index (χ3v) is 7.61. The number of hydrogen-bond donors (Lipinski definition) is 1. The summed E-state index contributed by atoms with van der Waals surface area (Å²) in [4.78, 5) is 13.3. The van der Waals surface area contributed by atoms with E-state index in [4.69, 9.17) is 4.74 Å². The molecule has 168 valence electrons. The second-order valence-electron chi connectivity index (χ2n) is 7.88. The van der Waals surface area contributed by atoms with E-state index in [0.717, 1.165) is 29.2 Å². The van der Waals surface area contributed by atoms with Gasteiger partial charge in [-0.25, -0.2) is 8.42 Å². The van der Waals surface area contributed by atoms with Gasteiger partial charge in [0.15, 0.2) is 0 Å². The fourth-order valence-corrected chi connectivity index (χ4v) is 5.84. The summed E-state index contributed by atoms with van der Waals surface area (Å²) in [5.41, 5.74) is 2.67. The number of hydrogen-bond acceptors (Lipinski definition) is 4. The van der Waals surface area contributed by atoms with E-state index < -0.39 is 10.0 Å². The van der Waals surface area contributed by atoms with Gasteiger partial charge in [0.05, 0.1) is 23.6 Å². The van der Waals surface area contributed by atoms with Crippen LogP contribution in [0.25, 0.3) is 10.8 Å². The normalized spacial score (nSPS) is 13.6. The van der Waals surface area contributed by atoms with Crippen molar-refractivity contribution in [1.82, 2.24) is 0 Å². The number of ether oxygens (including phenoxy) is 1. The molecule has 1 aliphatic heterocycles. The predicted molar refractivity (Wildman–Crippen MR) is 129 cm³/mol. The van der Waals surface area contributed by atoms with E-state index >= 15 is 0 Å². The Morgan fingerprint density at radius 3 is 2.69 bits per heavy atom. The highest BCUT2D eigenvalue weighted by Gasteiger charge is 2.27. The van der Waals surface area contributed by atoms with Crippen LogP contribution in [0.1, 0.15) is 42.6 Å². The summed E-state index contributed by atoms with van der Waals surface area (Å²) in [6, 6.07) is 16.9. The molecule has 0 aromatic heterocycles. The van der Waals surface area contributed by atoms with Crippen LogP contribution < -0.4 is 14.4 Å². The first kappa shape index (κ1) is 22.1. The number of amides is 1. The van der Waals surface area contributed by atoms with Crippen molar-refractivity contribution in [2.75, 3.05) is 28.5 Å². The number of sulfonamides is 1. The molecular weight excluding hydrogens is 424 g/mol. The first-order valence-electron chi connectivity index (χ1n) is 11.0. The maximum atomic E-state index is 13.3. The molecule has 0 saturated carbocycles. The summed E-state index contributed by atoms with van der Waals surface area (Å²) in [6.07, 6.45) is 2.17. The molecule has 4 rings (SSSR count). The van der Waals surface area contributed by atoms with E-state index in [2.05, 4.69) is 5.32 Å². The van der Waals surface area contributed by atoms with Gasteiger partial charge >= 0.3 is 0 Å². The van der Waals surface area contributed by atoms with Crippen molar-refractivity contribution < 1.29 is 17.9 Å². The van der Waals surface area contributed by atoms with Gasteiger partial charge in [-0.15, -0.1) is 0 Å². The van der Waals surface area contributed by atoms with Crippen LogP contribution in [-0.4, -0.2) is 33.2 Å². The van der Waals surface area contributed by atoms with Gasteiger partial charge in [-0.3, -0.25) is 9.10 Å². The quantitative estimate of drug-likeness (QED) is 0.548. The molecule has 1 N–H and O–H groups in total. The van der Waals surface area contributed by atoms with Crippen LogP contribution in [0.2, 0.25) is 0 Å². The number of fused-ring (bicyclic) bond motifs is 2. The van der Waals surface area contributed by atoms with Crippen molar-refractivity contribution in [3.05, 3.63) is 65.7 Å². The second-order valence-corrected chi connectivity index (χ2v) is 9.90. The maximum absolute atomic E-state index is 13.3. The minimum Gasteiger partial charge on any atom is -0.493 e. The number of nitrogens with one attached hydrogen (secondary N) is 1. The van der Waals surface area contributed by atoms with Crippen molar-refractivity contribution in [1.29, 1.82) is 0 Å². The largest absolute Gasteiger partial charge is 0.493 e. The fraction of sp³-hybridized carbons (Fsp3) is 0.320. The smallest absolute Gasteiger partial charge is 0.260 e. The van der Waals surface area contributed by atoms with Crippen LogP contribution in [0, 0.1) is 0 Å². The minimum atomic E-state index is -3.39. The number of anilines is 2. The van der Waals surface area contributed by atoms with Crippen LogP contribution in [0.3, 0.4) is 0 Å². The molecule has 0 bridgehead atoms. The van der Waals surface area contributed by atoms with Crippen LogP contribution in [0.5, 0.6) is 5.75 Å². The Bertz CT molecular complexity index is 1250. The first-order chi connectivity index (χ1) is 15.4. The van der Waals surface area contributed by atoms with Crippen molar-refractivity contribution >= 4 is 38.1 Å². The molecule has 1 heterocycles. The van der Waals surface area contributed by atoms with E-state index in [0.29, 0.717) is 42.3 Å². The second kappa shape index (κ2) is 9.20. The topological polar surface area (TPSA) is 75.7 Å². The zero-order chi connectivity index (χ0) is 22.7. The number of carbonyl (C=O) groups is 1. The van der Waals surface area contributed by atoms with Gasteiger partial charge in [0, 0.05) is 12.2 Å². The van der Waals surface area contributed by atoms with Gasteiger partial charge in [0.1, 0.15) is 5.75 Å². The summed E-state index contributed by atoms with van der Waals surface area (Å²) in [6.45, 7) is 4.65. The molecule has 0 radical (unpaired) electrons. The van der Waals surface area contributed by atoms with Crippen LogP contribution in [-0.2, 0) is 16.4 Å². The molecule has 0 fully saturated rings. The summed E-state index contributed by atoms with van der Waals surface area (Å²) >= 11 is 0. The first-order valence-corrected chi connectivity index (χ1v) is 12.6. The lowest BCUT2D eigenvalue weighted by atomic mass is 10.0. The number of benzene rings is 3. The van der Waals surface area contributed by atoms with Gasteiger partial charge in [-0.05, 0) is 60.7 Å². The van der Waals surface area contributed by atoms with Crippen molar-refractivity contribution in [2.45, 2.75) is 33.1 Å². The van der Waals surface area contributed by atoms with E-state index in [1.165, 1.54) is 4.31 Å². The molecule has 1 amide bonds. The molecule has 6 nitrogen and oxygen atoms in total. The van der Waals surface area contributed by atoms with Crippen LogP contribution >= 0.6 is 0 Å². The fourth-order valence-electron chi connectivity index (χ4n) is 4.23. The van der Waals surface area contributed by atoms with Gasteiger partial charge < -0.3 is 10.1 Å². The molecule has 7 heteroatoms. The molecule has 0 saturated heterocycles. The number of carbonyl (C=O) groups excluding carboxylic acids is 1. The molecule has 0 spiro atoms. The van der Waals surface area contributed by atoms with E-state index in [1.54, 1.807) is 6.07 Å². The third kappa shape index (κ3) is 4.30. The van der Waals surface area contributed by atoms with E-state index in [1.807, 2.05) is 62.4 Å². The molecule has 0 unspecified atom stereocenters. The van der Waals surface area contributed by atoms with Crippen molar-refractivity contribution in [2.24, 2.45) is 0 Å². The summed E-state index contributed by atoms with van der Waals surface area (Å²) in [5, 5.41) is 4.72. The molecule has 32 heavy (non-hydrogen) atoms. The Morgan fingerprint density at radius 2 is 1.91 bits per heavy atom. The summed E-state index contributed by atoms with van der Waals surface area (Å²) < 4.78 is 32.8. The Hall–Kier alpha value is -3.06. The molecule has 1 aliphatic rings. The Balaban J connectivity index is 1.71. The molecule has 0 aliphatic carbocycles.